The average molecular weight is 356 g/mol. The molecule has 5 nitrogen and oxygen atoms in total. The predicted octanol–water partition coefficient (Wildman–Crippen LogP) is 1.09. The zero-order valence-electron chi connectivity index (χ0n) is 11.2. The number of hydrogen-bond acceptors (Lipinski definition) is 2. The number of carbonyl (C=O) groups excluding carboxylic acids is 1. The Morgan fingerprint density at radius 3 is 2.29 bits per heavy atom. The molecule has 0 spiro atoms. The Morgan fingerprint density at radius 1 is 1.24 bits per heavy atom. The van der Waals surface area contributed by atoms with Gasteiger partial charge in [-0.3, -0.25) is 9.79 Å². The van der Waals surface area contributed by atoms with Crippen molar-refractivity contribution < 1.29 is 4.79 Å². The van der Waals surface area contributed by atoms with Crippen LogP contribution in [0.25, 0.3) is 0 Å². The van der Waals surface area contributed by atoms with Gasteiger partial charge in [0.2, 0.25) is 5.91 Å². The van der Waals surface area contributed by atoms with Crippen LogP contribution in [0.4, 0.5) is 0 Å². The number of aliphatic imine (C=N–C) groups is 1. The van der Waals surface area contributed by atoms with Crippen molar-refractivity contribution >= 4 is 35.8 Å². The maximum Gasteiger partial charge on any atom is 0.221 e. The molecule has 0 rings (SSSR count). The van der Waals surface area contributed by atoms with Crippen LogP contribution in [0.15, 0.2) is 4.99 Å². The van der Waals surface area contributed by atoms with Gasteiger partial charge in [-0.15, -0.1) is 24.0 Å². The standard InChI is InChI=1S/C11H24N4O.HI/c1-5-7-13-11(12-4)14-8-6-10(16)15-9(2)3;/h9H,5-8H2,1-4H3,(H,15,16)(H2,12,13,14);1H. The van der Waals surface area contributed by atoms with Gasteiger partial charge in [-0.05, 0) is 20.3 Å². The van der Waals surface area contributed by atoms with Gasteiger partial charge in [-0.25, -0.2) is 0 Å². The van der Waals surface area contributed by atoms with Crippen LogP contribution >= 0.6 is 24.0 Å². The fourth-order valence-corrected chi connectivity index (χ4v) is 1.15. The van der Waals surface area contributed by atoms with E-state index in [1.807, 2.05) is 13.8 Å². The summed E-state index contributed by atoms with van der Waals surface area (Å²) in [5.74, 6) is 0.813. The number of hydrogen-bond donors (Lipinski definition) is 3. The average Bonchev–Trinajstić information content (AvgIpc) is 2.22. The molecule has 0 heterocycles. The molecule has 0 saturated carbocycles. The van der Waals surface area contributed by atoms with E-state index in [1.54, 1.807) is 7.05 Å². The minimum absolute atomic E-state index is 0. The molecule has 0 saturated heterocycles. The molecular formula is C11H25IN4O. The van der Waals surface area contributed by atoms with Gasteiger partial charge in [0, 0.05) is 32.6 Å². The van der Waals surface area contributed by atoms with Gasteiger partial charge in [0.05, 0.1) is 0 Å². The highest BCUT2D eigenvalue weighted by atomic mass is 127. The summed E-state index contributed by atoms with van der Waals surface area (Å²) in [6, 6.07) is 0.199. The van der Waals surface area contributed by atoms with Crippen molar-refractivity contribution in [3.05, 3.63) is 0 Å². The number of nitrogens with one attached hydrogen (secondary N) is 3. The summed E-state index contributed by atoms with van der Waals surface area (Å²) in [5.41, 5.74) is 0. The Kier molecular flexibility index (Phi) is 13.2. The number of halogens is 1. The normalized spacial score (nSPS) is 10.8. The van der Waals surface area contributed by atoms with E-state index >= 15 is 0 Å². The second-order valence-electron chi connectivity index (χ2n) is 3.90. The lowest BCUT2D eigenvalue weighted by molar-refractivity contribution is -0.121. The third kappa shape index (κ3) is 11.7. The quantitative estimate of drug-likeness (QED) is 0.379. The number of carbonyl (C=O) groups is 1. The van der Waals surface area contributed by atoms with Crippen LogP contribution in [-0.2, 0) is 4.79 Å². The van der Waals surface area contributed by atoms with E-state index < -0.39 is 0 Å². The summed E-state index contributed by atoms with van der Waals surface area (Å²) >= 11 is 0. The van der Waals surface area contributed by atoms with Crippen molar-refractivity contribution in [1.29, 1.82) is 0 Å². The summed E-state index contributed by atoms with van der Waals surface area (Å²) in [6.07, 6.45) is 1.51. The number of nitrogens with zero attached hydrogens (tertiary/aromatic N) is 1. The molecule has 0 unspecified atom stereocenters. The van der Waals surface area contributed by atoms with E-state index in [9.17, 15) is 4.79 Å². The molecule has 0 aromatic carbocycles. The van der Waals surface area contributed by atoms with E-state index in [0.717, 1.165) is 18.9 Å². The Labute approximate surface area is 121 Å². The lowest BCUT2D eigenvalue weighted by atomic mass is 10.3. The molecule has 0 aliphatic heterocycles. The molecule has 0 aromatic rings. The van der Waals surface area contributed by atoms with Crippen molar-refractivity contribution in [3.63, 3.8) is 0 Å². The first-order valence-electron chi connectivity index (χ1n) is 5.84. The maximum atomic E-state index is 11.3. The monoisotopic (exact) mass is 356 g/mol. The third-order valence-corrected chi connectivity index (χ3v) is 1.86. The topological polar surface area (TPSA) is 65.5 Å². The van der Waals surface area contributed by atoms with Crippen LogP contribution in [0.5, 0.6) is 0 Å². The molecular weight excluding hydrogens is 331 g/mol. The van der Waals surface area contributed by atoms with Crippen LogP contribution in [0.1, 0.15) is 33.6 Å². The summed E-state index contributed by atoms with van der Waals surface area (Å²) in [4.78, 5) is 15.4. The van der Waals surface area contributed by atoms with Crippen molar-refractivity contribution in [1.82, 2.24) is 16.0 Å². The second kappa shape index (κ2) is 11.9. The predicted molar refractivity (Wildman–Crippen MR) is 83.0 cm³/mol. The summed E-state index contributed by atoms with van der Waals surface area (Å²) in [7, 11) is 1.72. The van der Waals surface area contributed by atoms with Crippen LogP contribution in [-0.4, -0.2) is 38.0 Å². The lowest BCUT2D eigenvalue weighted by Crippen LogP contribution is -2.40. The summed E-state index contributed by atoms with van der Waals surface area (Å²) in [6.45, 7) is 7.48. The van der Waals surface area contributed by atoms with E-state index in [4.69, 9.17) is 0 Å². The third-order valence-electron chi connectivity index (χ3n) is 1.86. The Morgan fingerprint density at radius 2 is 1.82 bits per heavy atom. The van der Waals surface area contributed by atoms with Crippen molar-refractivity contribution in [3.8, 4) is 0 Å². The fraction of sp³-hybridized carbons (Fsp3) is 0.818. The van der Waals surface area contributed by atoms with Gasteiger partial charge in [0.25, 0.3) is 0 Å². The van der Waals surface area contributed by atoms with Gasteiger partial charge < -0.3 is 16.0 Å². The van der Waals surface area contributed by atoms with Crippen LogP contribution in [0, 0.1) is 0 Å². The van der Waals surface area contributed by atoms with Crippen LogP contribution in [0.2, 0.25) is 0 Å². The van der Waals surface area contributed by atoms with E-state index in [1.165, 1.54) is 0 Å². The minimum atomic E-state index is 0. The first kappa shape index (κ1) is 18.8. The molecule has 6 heteroatoms. The van der Waals surface area contributed by atoms with Crippen LogP contribution in [0.3, 0.4) is 0 Å². The Hall–Kier alpha value is -0.530. The summed E-state index contributed by atoms with van der Waals surface area (Å²) in [5, 5.41) is 9.07. The Bertz CT molecular complexity index is 232. The highest BCUT2D eigenvalue weighted by molar-refractivity contribution is 14.0. The molecule has 0 aromatic heterocycles. The van der Waals surface area contributed by atoms with Gasteiger partial charge in [-0.1, -0.05) is 6.92 Å². The molecule has 17 heavy (non-hydrogen) atoms. The zero-order valence-corrected chi connectivity index (χ0v) is 13.5. The van der Waals surface area contributed by atoms with Crippen LogP contribution < -0.4 is 16.0 Å². The van der Waals surface area contributed by atoms with E-state index in [0.29, 0.717) is 13.0 Å². The molecule has 3 N–H and O–H groups in total. The molecule has 0 aliphatic rings. The smallest absolute Gasteiger partial charge is 0.221 e. The highest BCUT2D eigenvalue weighted by Crippen LogP contribution is 1.82. The summed E-state index contributed by atoms with van der Waals surface area (Å²) < 4.78 is 0. The minimum Gasteiger partial charge on any atom is -0.356 e. The Balaban J connectivity index is 0. The van der Waals surface area contributed by atoms with E-state index in [2.05, 4.69) is 27.9 Å². The molecule has 0 fully saturated rings. The maximum absolute atomic E-state index is 11.3. The second-order valence-corrected chi connectivity index (χ2v) is 3.90. The van der Waals surface area contributed by atoms with E-state index in [-0.39, 0.29) is 35.9 Å². The van der Waals surface area contributed by atoms with Gasteiger partial charge in [0.15, 0.2) is 5.96 Å². The SMILES string of the molecule is CCCNC(=NC)NCCC(=O)NC(C)C.I. The molecule has 0 bridgehead atoms. The number of guanidine groups is 1. The molecule has 0 atom stereocenters. The number of amides is 1. The molecule has 102 valence electrons. The number of rotatable bonds is 6. The van der Waals surface area contributed by atoms with Crippen molar-refractivity contribution in [2.75, 3.05) is 20.1 Å². The lowest BCUT2D eigenvalue weighted by Gasteiger charge is -2.12. The van der Waals surface area contributed by atoms with Gasteiger partial charge in [-0.2, -0.15) is 0 Å². The van der Waals surface area contributed by atoms with Gasteiger partial charge >= 0.3 is 0 Å². The largest absolute Gasteiger partial charge is 0.356 e. The van der Waals surface area contributed by atoms with Gasteiger partial charge in [0.1, 0.15) is 0 Å². The zero-order chi connectivity index (χ0) is 12.4. The first-order valence-corrected chi connectivity index (χ1v) is 5.84. The van der Waals surface area contributed by atoms with Crippen molar-refractivity contribution in [2.24, 2.45) is 4.99 Å². The first-order chi connectivity index (χ1) is 7.60. The highest BCUT2D eigenvalue weighted by Gasteiger charge is 2.03. The fourth-order valence-electron chi connectivity index (χ4n) is 1.15. The van der Waals surface area contributed by atoms with Crippen molar-refractivity contribution in [2.45, 2.75) is 39.7 Å². The molecule has 1 amide bonds. The molecule has 0 radical (unpaired) electrons. The molecule has 0 aliphatic carbocycles.